The fourth-order valence-corrected chi connectivity index (χ4v) is 3.78. The van der Waals surface area contributed by atoms with E-state index in [2.05, 4.69) is 9.71 Å². The summed E-state index contributed by atoms with van der Waals surface area (Å²) in [5.74, 6) is -0.151. The molecule has 0 spiro atoms. The van der Waals surface area contributed by atoms with Gasteiger partial charge in [0.2, 0.25) is 10.0 Å². The predicted molar refractivity (Wildman–Crippen MR) is 89.1 cm³/mol. The Balaban J connectivity index is 1.72. The lowest BCUT2D eigenvalue weighted by Gasteiger charge is -2.12. The fraction of sp³-hybridized carbons (Fsp3) is 0.375. The molecule has 2 aromatic rings. The number of hydrogen-bond donors (Lipinski definition) is 1. The predicted octanol–water partition coefficient (Wildman–Crippen LogP) is 0.880. The number of aromatic nitrogens is 2. The molecule has 0 atom stereocenters. The summed E-state index contributed by atoms with van der Waals surface area (Å²) >= 11 is 0. The number of aryl methyl sites for hydroxylation is 1. The van der Waals surface area contributed by atoms with E-state index in [1.54, 1.807) is 22.7 Å². The highest BCUT2D eigenvalue weighted by molar-refractivity contribution is 7.89. The van der Waals surface area contributed by atoms with Gasteiger partial charge in [0.05, 0.1) is 0 Å². The third-order valence-corrected chi connectivity index (χ3v) is 5.47. The Labute approximate surface area is 141 Å². The van der Waals surface area contributed by atoms with Crippen LogP contribution in [0.25, 0.3) is 0 Å². The average Bonchev–Trinajstić information content (AvgIpc) is 2.95. The van der Waals surface area contributed by atoms with Gasteiger partial charge in [0.15, 0.2) is 0 Å². The quantitative estimate of drug-likeness (QED) is 0.869. The van der Waals surface area contributed by atoms with Gasteiger partial charge in [0, 0.05) is 51.2 Å². The second kappa shape index (κ2) is 6.74. The molecule has 128 valence electrons. The number of amides is 1. The van der Waals surface area contributed by atoms with E-state index in [1.807, 2.05) is 18.2 Å². The van der Waals surface area contributed by atoms with Crippen molar-refractivity contribution in [1.82, 2.24) is 19.2 Å². The minimum Gasteiger partial charge on any atom is -0.342 e. The zero-order valence-corrected chi connectivity index (χ0v) is 14.3. The number of carbonyl (C=O) groups excluding carboxylic acids is 1. The summed E-state index contributed by atoms with van der Waals surface area (Å²) in [6.45, 7) is 1.56. The molecule has 1 N–H and O–H groups in total. The third-order valence-electron chi connectivity index (χ3n) is 4.04. The molecular weight excluding hydrogens is 328 g/mol. The van der Waals surface area contributed by atoms with Crippen LogP contribution in [0, 0.1) is 0 Å². The minimum absolute atomic E-state index is 0.127. The first-order chi connectivity index (χ1) is 11.5. The highest BCUT2D eigenvalue weighted by Crippen LogP contribution is 2.19. The monoisotopic (exact) mass is 348 g/mol. The summed E-state index contributed by atoms with van der Waals surface area (Å²) in [7, 11) is -1.92. The summed E-state index contributed by atoms with van der Waals surface area (Å²) in [6.07, 6.45) is 4.53. The second-order valence-electron chi connectivity index (χ2n) is 5.80. The first-order valence-electron chi connectivity index (χ1n) is 7.82. The van der Waals surface area contributed by atoms with Gasteiger partial charge < -0.3 is 9.47 Å². The van der Waals surface area contributed by atoms with E-state index in [9.17, 15) is 13.2 Å². The molecule has 0 unspecified atom stereocenters. The second-order valence-corrected chi connectivity index (χ2v) is 7.57. The van der Waals surface area contributed by atoms with Gasteiger partial charge in [0.25, 0.3) is 5.91 Å². The van der Waals surface area contributed by atoms with Gasteiger partial charge in [-0.15, -0.1) is 0 Å². The molecule has 1 aliphatic heterocycles. The molecular formula is C16H20N4O3S. The highest BCUT2D eigenvalue weighted by atomic mass is 32.2. The topological polar surface area (TPSA) is 84.3 Å². The summed E-state index contributed by atoms with van der Waals surface area (Å²) in [6, 6.07) is 6.98. The van der Waals surface area contributed by atoms with Gasteiger partial charge in [-0.2, -0.15) is 0 Å². The van der Waals surface area contributed by atoms with Crippen LogP contribution < -0.4 is 4.72 Å². The number of hydrogen-bond acceptors (Lipinski definition) is 4. The number of sulfonamides is 1. The SMILES string of the molecule is CN1CCCn2cc(S(=O)(=O)NCCc3ccccn3)cc2C1=O. The van der Waals surface area contributed by atoms with E-state index in [-0.39, 0.29) is 17.3 Å². The van der Waals surface area contributed by atoms with Gasteiger partial charge in [0.1, 0.15) is 10.6 Å². The van der Waals surface area contributed by atoms with Crippen LogP contribution in [-0.4, -0.2) is 48.9 Å². The standard InChI is InChI=1S/C16H20N4O3S/c1-19-9-4-10-20-12-14(11-15(20)16(19)21)24(22,23)18-8-6-13-5-2-3-7-17-13/h2-3,5,7,11-12,18H,4,6,8-10H2,1H3. The molecule has 0 radical (unpaired) electrons. The fourth-order valence-electron chi connectivity index (χ4n) is 2.71. The van der Waals surface area contributed by atoms with Gasteiger partial charge >= 0.3 is 0 Å². The van der Waals surface area contributed by atoms with Crippen molar-refractivity contribution in [3.8, 4) is 0 Å². The Morgan fingerprint density at radius 3 is 2.88 bits per heavy atom. The van der Waals surface area contributed by atoms with Crippen LogP contribution in [0.15, 0.2) is 41.6 Å². The van der Waals surface area contributed by atoms with Crippen molar-refractivity contribution in [2.24, 2.45) is 0 Å². The molecule has 0 fully saturated rings. The summed E-state index contributed by atoms with van der Waals surface area (Å²) in [5, 5.41) is 0. The van der Waals surface area contributed by atoms with Crippen molar-refractivity contribution < 1.29 is 13.2 Å². The van der Waals surface area contributed by atoms with Gasteiger partial charge in [-0.05, 0) is 24.6 Å². The van der Waals surface area contributed by atoms with E-state index < -0.39 is 10.0 Å². The smallest absolute Gasteiger partial charge is 0.270 e. The van der Waals surface area contributed by atoms with Crippen LogP contribution in [0.1, 0.15) is 22.6 Å². The number of nitrogens with one attached hydrogen (secondary N) is 1. The molecule has 8 heteroatoms. The van der Waals surface area contributed by atoms with Crippen molar-refractivity contribution in [2.75, 3.05) is 20.1 Å². The molecule has 3 rings (SSSR count). The molecule has 1 aliphatic rings. The third kappa shape index (κ3) is 3.49. The van der Waals surface area contributed by atoms with Crippen LogP contribution in [0.5, 0.6) is 0 Å². The minimum atomic E-state index is -3.65. The molecule has 3 heterocycles. The number of nitrogens with zero attached hydrogens (tertiary/aromatic N) is 3. The Bertz CT molecular complexity index is 830. The number of pyridine rings is 1. The molecule has 1 amide bonds. The van der Waals surface area contributed by atoms with E-state index in [0.29, 0.717) is 25.2 Å². The van der Waals surface area contributed by atoms with Crippen molar-refractivity contribution in [3.05, 3.63) is 48.0 Å². The van der Waals surface area contributed by atoms with Crippen LogP contribution in [0.4, 0.5) is 0 Å². The molecule has 7 nitrogen and oxygen atoms in total. The lowest BCUT2D eigenvalue weighted by molar-refractivity contribution is 0.0796. The maximum absolute atomic E-state index is 12.4. The number of fused-ring (bicyclic) bond motifs is 1. The maximum Gasteiger partial charge on any atom is 0.270 e. The largest absolute Gasteiger partial charge is 0.342 e. The Hall–Kier alpha value is -2.19. The summed E-state index contributed by atoms with van der Waals surface area (Å²) in [4.78, 5) is 18.2. The maximum atomic E-state index is 12.4. The molecule has 24 heavy (non-hydrogen) atoms. The first kappa shape index (κ1) is 16.7. The van der Waals surface area contributed by atoms with Crippen molar-refractivity contribution in [3.63, 3.8) is 0 Å². The Morgan fingerprint density at radius 1 is 1.29 bits per heavy atom. The Kier molecular flexibility index (Phi) is 4.68. The number of rotatable bonds is 5. The summed E-state index contributed by atoms with van der Waals surface area (Å²) < 4.78 is 29.2. The van der Waals surface area contributed by atoms with Crippen LogP contribution in [-0.2, 0) is 23.0 Å². The zero-order chi connectivity index (χ0) is 17.2. The molecule has 0 saturated carbocycles. The molecule has 0 aliphatic carbocycles. The lowest BCUT2D eigenvalue weighted by Crippen LogP contribution is -2.27. The van der Waals surface area contributed by atoms with Crippen LogP contribution in [0.2, 0.25) is 0 Å². The van der Waals surface area contributed by atoms with Crippen molar-refractivity contribution >= 4 is 15.9 Å². The normalized spacial score (nSPS) is 15.2. The van der Waals surface area contributed by atoms with E-state index in [1.165, 1.54) is 12.3 Å². The van der Waals surface area contributed by atoms with E-state index in [0.717, 1.165) is 12.1 Å². The first-order valence-corrected chi connectivity index (χ1v) is 9.31. The summed E-state index contributed by atoms with van der Waals surface area (Å²) in [5.41, 5.74) is 1.24. The molecule has 2 aromatic heterocycles. The van der Waals surface area contributed by atoms with Gasteiger partial charge in [-0.25, -0.2) is 13.1 Å². The van der Waals surface area contributed by atoms with Crippen LogP contribution in [0.3, 0.4) is 0 Å². The Morgan fingerprint density at radius 2 is 2.12 bits per heavy atom. The molecule has 0 aromatic carbocycles. The van der Waals surface area contributed by atoms with Crippen LogP contribution >= 0.6 is 0 Å². The molecule has 0 saturated heterocycles. The van der Waals surface area contributed by atoms with Gasteiger partial charge in [-0.1, -0.05) is 6.07 Å². The average molecular weight is 348 g/mol. The van der Waals surface area contributed by atoms with Crippen molar-refractivity contribution in [2.45, 2.75) is 24.3 Å². The highest BCUT2D eigenvalue weighted by Gasteiger charge is 2.25. The number of carbonyl (C=O) groups is 1. The van der Waals surface area contributed by atoms with E-state index >= 15 is 0 Å². The lowest BCUT2D eigenvalue weighted by atomic mass is 10.3. The van der Waals surface area contributed by atoms with Crippen molar-refractivity contribution in [1.29, 1.82) is 0 Å². The zero-order valence-electron chi connectivity index (χ0n) is 13.5. The molecule has 0 bridgehead atoms. The van der Waals surface area contributed by atoms with E-state index in [4.69, 9.17) is 0 Å². The van der Waals surface area contributed by atoms with Gasteiger partial charge in [-0.3, -0.25) is 9.78 Å².